The standard InChI is InChI=1S/C26H26N4O5/c1-18-7-6-10-21(13-18)29-25(32)26(33)30-28-16-20-11-12-22(23(14-20)34-2)35-17-24(31)27-15-19-8-4-3-5-9-19/h3-14,16H,15,17H2,1-2H3,(H,27,31)(H,29,32)(H,30,33)/b28-16-. The second-order valence-electron chi connectivity index (χ2n) is 7.48. The summed E-state index contributed by atoms with van der Waals surface area (Å²) in [7, 11) is 1.47. The number of amides is 3. The fraction of sp³-hybridized carbons (Fsp3) is 0.154. The Labute approximate surface area is 203 Å². The number of carbonyl (C=O) groups excluding carboxylic acids is 3. The van der Waals surface area contributed by atoms with Gasteiger partial charge in [-0.3, -0.25) is 14.4 Å². The third-order valence-electron chi connectivity index (χ3n) is 4.74. The maximum atomic E-state index is 12.1. The third-order valence-corrected chi connectivity index (χ3v) is 4.74. The summed E-state index contributed by atoms with van der Waals surface area (Å²) in [4.78, 5) is 36.0. The molecular formula is C26H26N4O5. The van der Waals surface area contributed by atoms with Crippen molar-refractivity contribution in [1.29, 1.82) is 0 Å². The second kappa shape index (κ2) is 12.5. The molecular weight excluding hydrogens is 448 g/mol. The van der Waals surface area contributed by atoms with Crippen LogP contribution in [0, 0.1) is 6.92 Å². The fourth-order valence-electron chi connectivity index (χ4n) is 3.00. The van der Waals surface area contributed by atoms with E-state index in [0.717, 1.165) is 11.1 Å². The number of carbonyl (C=O) groups is 3. The Bertz CT molecular complexity index is 1210. The number of anilines is 1. The first-order chi connectivity index (χ1) is 16.9. The number of hydrogen-bond donors (Lipinski definition) is 3. The molecule has 180 valence electrons. The highest BCUT2D eigenvalue weighted by Gasteiger charge is 2.13. The van der Waals surface area contributed by atoms with E-state index >= 15 is 0 Å². The van der Waals surface area contributed by atoms with Crippen LogP contribution in [0.3, 0.4) is 0 Å². The molecule has 3 rings (SSSR count). The van der Waals surface area contributed by atoms with Crippen LogP contribution in [0.1, 0.15) is 16.7 Å². The molecule has 0 radical (unpaired) electrons. The Morgan fingerprint density at radius 1 is 0.914 bits per heavy atom. The van der Waals surface area contributed by atoms with Crippen LogP contribution in [0.25, 0.3) is 0 Å². The van der Waals surface area contributed by atoms with E-state index in [2.05, 4.69) is 21.2 Å². The number of hydrogen-bond acceptors (Lipinski definition) is 6. The van der Waals surface area contributed by atoms with Crippen LogP contribution in [-0.4, -0.2) is 37.7 Å². The molecule has 0 saturated heterocycles. The second-order valence-corrected chi connectivity index (χ2v) is 7.48. The van der Waals surface area contributed by atoms with Crippen LogP contribution in [0.5, 0.6) is 11.5 Å². The van der Waals surface area contributed by atoms with Crippen LogP contribution < -0.4 is 25.5 Å². The number of ether oxygens (including phenoxy) is 2. The summed E-state index contributed by atoms with van der Waals surface area (Å²) in [5.74, 6) is -1.25. The van der Waals surface area contributed by atoms with E-state index in [4.69, 9.17) is 9.47 Å². The average molecular weight is 475 g/mol. The van der Waals surface area contributed by atoms with Crippen molar-refractivity contribution in [2.75, 3.05) is 19.0 Å². The molecule has 0 aliphatic rings. The van der Waals surface area contributed by atoms with Gasteiger partial charge in [0.2, 0.25) is 0 Å². The molecule has 0 aliphatic carbocycles. The summed E-state index contributed by atoms with van der Waals surface area (Å²) in [6.45, 7) is 2.11. The van der Waals surface area contributed by atoms with Crippen LogP contribution >= 0.6 is 0 Å². The number of hydrazone groups is 1. The molecule has 0 fully saturated rings. The van der Waals surface area contributed by atoms with Gasteiger partial charge in [-0.15, -0.1) is 0 Å². The van der Waals surface area contributed by atoms with E-state index < -0.39 is 11.8 Å². The molecule has 0 spiro atoms. The number of aryl methyl sites for hydroxylation is 1. The van der Waals surface area contributed by atoms with E-state index in [-0.39, 0.29) is 12.5 Å². The van der Waals surface area contributed by atoms with Crippen molar-refractivity contribution < 1.29 is 23.9 Å². The summed E-state index contributed by atoms with van der Waals surface area (Å²) < 4.78 is 10.9. The van der Waals surface area contributed by atoms with Gasteiger partial charge in [-0.1, -0.05) is 42.5 Å². The summed E-state index contributed by atoms with van der Waals surface area (Å²) in [5.41, 5.74) is 5.22. The van der Waals surface area contributed by atoms with Gasteiger partial charge in [-0.25, -0.2) is 5.43 Å². The smallest absolute Gasteiger partial charge is 0.329 e. The largest absolute Gasteiger partial charge is 0.493 e. The summed E-state index contributed by atoms with van der Waals surface area (Å²) in [5, 5.41) is 9.10. The lowest BCUT2D eigenvalue weighted by molar-refractivity contribution is -0.136. The Morgan fingerprint density at radius 2 is 1.71 bits per heavy atom. The topological polar surface area (TPSA) is 118 Å². The van der Waals surface area contributed by atoms with Gasteiger partial charge in [0.05, 0.1) is 13.3 Å². The summed E-state index contributed by atoms with van der Waals surface area (Å²) in [6, 6.07) is 21.6. The number of nitrogens with one attached hydrogen (secondary N) is 3. The van der Waals surface area contributed by atoms with Crippen molar-refractivity contribution in [1.82, 2.24) is 10.7 Å². The number of benzene rings is 3. The van der Waals surface area contributed by atoms with Crippen molar-refractivity contribution >= 4 is 29.6 Å². The molecule has 0 heterocycles. The molecule has 0 bridgehead atoms. The molecule has 3 N–H and O–H groups in total. The number of methoxy groups -OCH3 is 1. The van der Waals surface area contributed by atoms with Crippen molar-refractivity contribution in [3.05, 3.63) is 89.5 Å². The third kappa shape index (κ3) is 8.01. The van der Waals surface area contributed by atoms with Gasteiger partial charge >= 0.3 is 11.8 Å². The molecule has 0 aliphatic heterocycles. The molecule has 0 atom stereocenters. The lowest BCUT2D eigenvalue weighted by Crippen LogP contribution is -2.32. The molecule has 0 aromatic heterocycles. The van der Waals surface area contributed by atoms with Crippen LogP contribution in [0.15, 0.2) is 77.9 Å². The molecule has 35 heavy (non-hydrogen) atoms. The lowest BCUT2D eigenvalue weighted by atomic mass is 10.2. The monoisotopic (exact) mass is 474 g/mol. The predicted octanol–water partition coefficient (Wildman–Crippen LogP) is 2.79. The Balaban J connectivity index is 1.49. The van der Waals surface area contributed by atoms with E-state index in [1.165, 1.54) is 13.3 Å². The highest BCUT2D eigenvalue weighted by atomic mass is 16.5. The van der Waals surface area contributed by atoms with Crippen LogP contribution in [0.2, 0.25) is 0 Å². The van der Waals surface area contributed by atoms with Gasteiger partial charge in [0, 0.05) is 12.2 Å². The molecule has 0 unspecified atom stereocenters. The average Bonchev–Trinajstić information content (AvgIpc) is 2.87. The van der Waals surface area contributed by atoms with E-state index in [1.54, 1.807) is 36.4 Å². The SMILES string of the molecule is COc1cc(/C=N\NC(=O)C(=O)Nc2cccc(C)c2)ccc1OCC(=O)NCc1ccccc1. The van der Waals surface area contributed by atoms with E-state index in [0.29, 0.717) is 29.3 Å². The van der Waals surface area contributed by atoms with Gasteiger partial charge in [0.1, 0.15) is 0 Å². The number of rotatable bonds is 9. The van der Waals surface area contributed by atoms with E-state index in [9.17, 15) is 14.4 Å². The minimum absolute atomic E-state index is 0.178. The Kier molecular flexibility index (Phi) is 8.95. The van der Waals surface area contributed by atoms with Gasteiger partial charge in [0.15, 0.2) is 18.1 Å². The van der Waals surface area contributed by atoms with Crippen molar-refractivity contribution in [3.63, 3.8) is 0 Å². The Morgan fingerprint density at radius 3 is 2.46 bits per heavy atom. The molecule has 3 aromatic rings. The van der Waals surface area contributed by atoms with Crippen LogP contribution in [0.4, 0.5) is 5.69 Å². The minimum Gasteiger partial charge on any atom is -0.493 e. The lowest BCUT2D eigenvalue weighted by Gasteiger charge is -2.11. The normalized spacial score (nSPS) is 10.5. The maximum Gasteiger partial charge on any atom is 0.329 e. The summed E-state index contributed by atoms with van der Waals surface area (Å²) >= 11 is 0. The first-order valence-electron chi connectivity index (χ1n) is 10.8. The molecule has 0 saturated carbocycles. The van der Waals surface area contributed by atoms with Crippen LogP contribution in [-0.2, 0) is 20.9 Å². The summed E-state index contributed by atoms with van der Waals surface area (Å²) in [6.07, 6.45) is 1.36. The minimum atomic E-state index is -0.906. The highest BCUT2D eigenvalue weighted by molar-refractivity contribution is 6.39. The predicted molar refractivity (Wildman–Crippen MR) is 132 cm³/mol. The number of nitrogens with zero attached hydrogens (tertiary/aromatic N) is 1. The molecule has 9 heteroatoms. The highest BCUT2D eigenvalue weighted by Crippen LogP contribution is 2.27. The van der Waals surface area contributed by atoms with Gasteiger partial charge < -0.3 is 20.1 Å². The molecule has 3 aromatic carbocycles. The van der Waals surface area contributed by atoms with Gasteiger partial charge in [-0.05, 0) is 53.9 Å². The molecule has 3 amide bonds. The van der Waals surface area contributed by atoms with Gasteiger partial charge in [0.25, 0.3) is 5.91 Å². The quantitative estimate of drug-likeness (QED) is 0.250. The first kappa shape index (κ1) is 25.0. The maximum absolute atomic E-state index is 12.1. The van der Waals surface area contributed by atoms with Crippen molar-refractivity contribution in [2.45, 2.75) is 13.5 Å². The zero-order valence-electron chi connectivity index (χ0n) is 19.4. The van der Waals surface area contributed by atoms with Gasteiger partial charge in [-0.2, -0.15) is 5.10 Å². The van der Waals surface area contributed by atoms with Crippen molar-refractivity contribution in [2.24, 2.45) is 5.10 Å². The molecule has 9 nitrogen and oxygen atoms in total. The zero-order chi connectivity index (χ0) is 25.0. The Hall–Kier alpha value is -4.66. The fourth-order valence-corrected chi connectivity index (χ4v) is 3.00. The van der Waals surface area contributed by atoms with E-state index in [1.807, 2.05) is 43.3 Å². The first-order valence-corrected chi connectivity index (χ1v) is 10.8. The van der Waals surface area contributed by atoms with Crippen molar-refractivity contribution in [3.8, 4) is 11.5 Å². The zero-order valence-corrected chi connectivity index (χ0v) is 19.4.